The van der Waals surface area contributed by atoms with Crippen LogP contribution in [0.25, 0.3) is 44.3 Å². The van der Waals surface area contributed by atoms with Crippen LogP contribution in [0.4, 0.5) is 34.1 Å². The van der Waals surface area contributed by atoms with E-state index in [-0.39, 0.29) is 33.8 Å². The predicted octanol–water partition coefficient (Wildman–Crippen LogP) is 18.3. The van der Waals surface area contributed by atoms with E-state index in [4.69, 9.17) is 4.42 Å². The Balaban J connectivity index is 1.13. The Morgan fingerprint density at radius 1 is 0.434 bits per heavy atom. The summed E-state index contributed by atoms with van der Waals surface area (Å²) in [4.78, 5) is 5.25. The number of furan rings is 1. The molecule has 1 saturated carbocycles. The Bertz CT molecular complexity index is 3760. The average molecular weight is 993 g/mol. The van der Waals surface area contributed by atoms with Crippen LogP contribution >= 0.6 is 0 Å². The van der Waals surface area contributed by atoms with Gasteiger partial charge < -0.3 is 14.2 Å². The lowest BCUT2D eigenvalue weighted by atomic mass is 9.35. The molecule has 0 amide bonds. The third kappa shape index (κ3) is 7.59. The molecular formula is C72H73BN2O. The average Bonchev–Trinajstić information content (AvgIpc) is 4.05. The van der Waals surface area contributed by atoms with Gasteiger partial charge in [-0.1, -0.05) is 218 Å². The maximum atomic E-state index is 7.57. The molecule has 0 radical (unpaired) electrons. The number of nitrogens with zero attached hydrogens (tertiary/aromatic N) is 2. The molecule has 380 valence electrons. The van der Waals surface area contributed by atoms with E-state index in [1.165, 1.54) is 133 Å². The van der Waals surface area contributed by atoms with Crippen molar-refractivity contribution in [2.75, 3.05) is 9.80 Å². The summed E-state index contributed by atoms with van der Waals surface area (Å²) in [5.74, 6) is 0. The van der Waals surface area contributed by atoms with Crippen LogP contribution in [-0.4, -0.2) is 6.71 Å². The molecule has 0 unspecified atom stereocenters. The number of anilines is 6. The lowest BCUT2D eigenvalue weighted by Gasteiger charge is -2.43. The summed E-state index contributed by atoms with van der Waals surface area (Å²) in [6, 6.07) is 63.8. The van der Waals surface area contributed by atoms with Crippen LogP contribution in [0.5, 0.6) is 0 Å². The number of benzene rings is 8. The normalized spacial score (nSPS) is 15.7. The molecule has 13 rings (SSSR count). The van der Waals surface area contributed by atoms with Gasteiger partial charge >= 0.3 is 0 Å². The largest absolute Gasteiger partial charge is 0.468 e. The summed E-state index contributed by atoms with van der Waals surface area (Å²) in [6.45, 7) is 27.6. The van der Waals surface area contributed by atoms with Crippen molar-refractivity contribution >= 4 is 68.4 Å². The van der Waals surface area contributed by atoms with Gasteiger partial charge in [-0.3, -0.25) is 0 Å². The summed E-state index contributed by atoms with van der Waals surface area (Å²) in [7, 11) is 0. The number of rotatable bonds is 4. The second kappa shape index (κ2) is 17.0. The first-order valence-corrected chi connectivity index (χ1v) is 28.2. The van der Waals surface area contributed by atoms with Crippen molar-refractivity contribution in [3.05, 3.63) is 197 Å². The van der Waals surface area contributed by atoms with Gasteiger partial charge in [-0.15, -0.1) is 0 Å². The first kappa shape index (κ1) is 48.6. The molecule has 2 aliphatic carbocycles. The zero-order valence-electron chi connectivity index (χ0n) is 47.0. The molecule has 0 atom stereocenters. The van der Waals surface area contributed by atoms with Crippen LogP contribution in [0.15, 0.2) is 168 Å². The molecule has 1 spiro atoms. The summed E-state index contributed by atoms with van der Waals surface area (Å²) in [6.07, 6.45) is 6.14. The van der Waals surface area contributed by atoms with Crippen molar-refractivity contribution in [2.45, 2.75) is 142 Å². The van der Waals surface area contributed by atoms with Crippen molar-refractivity contribution in [3.8, 4) is 33.4 Å². The monoisotopic (exact) mass is 993 g/mol. The maximum absolute atomic E-state index is 7.57. The van der Waals surface area contributed by atoms with Gasteiger partial charge in [0.05, 0.1) is 17.0 Å². The summed E-state index contributed by atoms with van der Waals surface area (Å²) < 4.78 is 7.57. The van der Waals surface area contributed by atoms with E-state index in [1.54, 1.807) is 0 Å². The molecule has 3 heterocycles. The standard InChI is InChI=1S/C72H73BN2O/c1-68(2,3)49-29-23-45(24-30-49)46-27-35-53(36-28-46)74-59-37-33-52(71(10,11)12)44-58(59)73-65-61(74)41-48(47-25-31-50(32-26-47)69(4,5)6)42-62(65)75(66-55-43-51(70(7,8)9)34-38-63(55)76-67(66)73)60-22-18-21-57-64(60)54-19-14-15-20-56(54)72(57)39-16-13-17-40-72/h14-15,18-38,41-44H,13,16-17,39-40H2,1-12H3. The molecule has 0 N–H and O–H groups in total. The Morgan fingerprint density at radius 3 is 1.58 bits per heavy atom. The molecule has 0 saturated heterocycles. The molecule has 9 aromatic rings. The van der Waals surface area contributed by atoms with E-state index in [0.717, 1.165) is 28.0 Å². The van der Waals surface area contributed by atoms with Gasteiger partial charge in [0, 0.05) is 39.1 Å². The Kier molecular flexibility index (Phi) is 10.9. The third-order valence-electron chi connectivity index (χ3n) is 17.9. The molecule has 8 aromatic carbocycles. The van der Waals surface area contributed by atoms with Crippen molar-refractivity contribution in [2.24, 2.45) is 0 Å². The number of fused-ring (bicyclic) bond motifs is 11. The lowest BCUT2D eigenvalue weighted by molar-refractivity contribution is 0.353. The fraction of sp³-hybridized carbons (Fsp3) is 0.306. The van der Waals surface area contributed by atoms with Gasteiger partial charge in [0.1, 0.15) is 5.58 Å². The van der Waals surface area contributed by atoms with Crippen LogP contribution in [0.2, 0.25) is 0 Å². The highest BCUT2D eigenvalue weighted by molar-refractivity contribution is 7.00. The van der Waals surface area contributed by atoms with Gasteiger partial charge in [-0.2, -0.15) is 0 Å². The van der Waals surface area contributed by atoms with Crippen LogP contribution in [0, 0.1) is 0 Å². The molecule has 76 heavy (non-hydrogen) atoms. The smallest absolute Gasteiger partial charge is 0.297 e. The molecular weight excluding hydrogens is 920 g/mol. The van der Waals surface area contributed by atoms with Gasteiger partial charge in [-0.25, -0.2) is 0 Å². The summed E-state index contributed by atoms with van der Waals surface area (Å²) in [5.41, 5.74) is 27.3. The van der Waals surface area contributed by atoms with E-state index in [0.29, 0.717) is 0 Å². The van der Waals surface area contributed by atoms with Crippen molar-refractivity contribution in [3.63, 3.8) is 0 Å². The predicted molar refractivity (Wildman–Crippen MR) is 325 cm³/mol. The SMILES string of the molecule is CC(C)(C)c1ccc(-c2ccc(N3c4ccc(C(C)(C)C)cc4B4c5oc6ccc(C(C)(C)C)cc6c5N(c5cccc6c5-c5ccccc5C65CCCCC5)c5cc(-c6ccc(C(C)(C)C)cc6)cc3c54)cc2)cc1. The zero-order valence-corrected chi connectivity index (χ0v) is 47.0. The van der Waals surface area contributed by atoms with Gasteiger partial charge in [-0.05, 0) is 155 Å². The molecule has 1 fully saturated rings. The molecule has 1 aromatic heterocycles. The van der Waals surface area contributed by atoms with Gasteiger partial charge in [0.25, 0.3) is 6.71 Å². The second-order valence-corrected chi connectivity index (χ2v) is 26.9. The Hall–Kier alpha value is -7.04. The summed E-state index contributed by atoms with van der Waals surface area (Å²) >= 11 is 0. The maximum Gasteiger partial charge on any atom is 0.297 e. The van der Waals surface area contributed by atoms with Crippen LogP contribution in [0.1, 0.15) is 149 Å². The molecule has 4 aliphatic rings. The van der Waals surface area contributed by atoms with Crippen molar-refractivity contribution in [1.29, 1.82) is 0 Å². The molecule has 4 heteroatoms. The number of hydrogen-bond acceptors (Lipinski definition) is 3. The fourth-order valence-corrected chi connectivity index (χ4v) is 13.6. The Morgan fingerprint density at radius 2 is 0.961 bits per heavy atom. The molecule has 0 bridgehead atoms. The van der Waals surface area contributed by atoms with E-state index in [2.05, 4.69) is 257 Å². The Labute approximate surface area is 453 Å². The highest BCUT2D eigenvalue weighted by Crippen LogP contribution is 2.60. The number of hydrogen-bond donors (Lipinski definition) is 0. The van der Waals surface area contributed by atoms with Gasteiger partial charge in [0.15, 0.2) is 0 Å². The van der Waals surface area contributed by atoms with Crippen LogP contribution in [0.3, 0.4) is 0 Å². The lowest BCUT2D eigenvalue weighted by Crippen LogP contribution is -2.61. The highest BCUT2D eigenvalue weighted by Gasteiger charge is 2.50. The molecule has 2 aliphatic heterocycles. The first-order valence-electron chi connectivity index (χ1n) is 28.2. The summed E-state index contributed by atoms with van der Waals surface area (Å²) in [5, 5.41) is 1.16. The minimum absolute atomic E-state index is 0.00479. The third-order valence-corrected chi connectivity index (χ3v) is 17.9. The van der Waals surface area contributed by atoms with Crippen LogP contribution in [-0.2, 0) is 27.1 Å². The molecule has 3 nitrogen and oxygen atoms in total. The van der Waals surface area contributed by atoms with Crippen molar-refractivity contribution in [1.82, 2.24) is 0 Å². The van der Waals surface area contributed by atoms with E-state index in [1.807, 2.05) is 0 Å². The minimum atomic E-state index is -0.179. The first-order chi connectivity index (χ1) is 36.2. The van der Waals surface area contributed by atoms with E-state index >= 15 is 0 Å². The van der Waals surface area contributed by atoms with Gasteiger partial charge in [0.2, 0.25) is 0 Å². The minimum Gasteiger partial charge on any atom is -0.468 e. The quantitative estimate of drug-likeness (QED) is 0.164. The second-order valence-electron chi connectivity index (χ2n) is 26.9. The fourth-order valence-electron chi connectivity index (χ4n) is 13.6. The van der Waals surface area contributed by atoms with Crippen LogP contribution < -0.4 is 26.4 Å². The zero-order chi connectivity index (χ0) is 52.8. The topological polar surface area (TPSA) is 19.6 Å². The van der Waals surface area contributed by atoms with Crippen molar-refractivity contribution < 1.29 is 4.42 Å². The van der Waals surface area contributed by atoms with E-state index in [9.17, 15) is 0 Å². The highest BCUT2D eigenvalue weighted by atomic mass is 16.3. The van der Waals surface area contributed by atoms with E-state index < -0.39 is 0 Å².